The van der Waals surface area contributed by atoms with Gasteiger partial charge in [0.2, 0.25) is 0 Å². The van der Waals surface area contributed by atoms with Crippen LogP contribution in [0.5, 0.6) is 0 Å². The van der Waals surface area contributed by atoms with Crippen molar-refractivity contribution in [2.24, 2.45) is 5.92 Å². The van der Waals surface area contributed by atoms with Crippen molar-refractivity contribution < 1.29 is 22.4 Å². The van der Waals surface area contributed by atoms with E-state index in [9.17, 15) is 22.4 Å². The molecule has 1 aliphatic heterocycles. The number of hydrogen-bond acceptors (Lipinski definition) is 4. The number of halogens is 5. The molecule has 3 atom stereocenters. The van der Waals surface area contributed by atoms with Gasteiger partial charge in [0.05, 0.1) is 22.5 Å². The summed E-state index contributed by atoms with van der Waals surface area (Å²) in [6.07, 6.45) is -1.51. The molecule has 0 aliphatic carbocycles. The Bertz CT molecular complexity index is 1200. The maximum absolute atomic E-state index is 14.1. The van der Waals surface area contributed by atoms with E-state index < -0.39 is 29.9 Å². The summed E-state index contributed by atoms with van der Waals surface area (Å²) in [6.45, 7) is 1.87. The van der Waals surface area contributed by atoms with Crippen molar-refractivity contribution in [1.82, 2.24) is 20.6 Å². The molecule has 0 saturated carbocycles. The van der Waals surface area contributed by atoms with Crippen molar-refractivity contribution in [3.05, 3.63) is 70.4 Å². The highest BCUT2D eigenvalue weighted by Crippen LogP contribution is 2.29. The number of alkyl halides is 3. The lowest BCUT2D eigenvalue weighted by molar-refractivity contribution is -0.169. The van der Waals surface area contributed by atoms with Crippen LogP contribution in [0, 0.1) is 11.7 Å². The van der Waals surface area contributed by atoms with Crippen LogP contribution in [0.4, 0.5) is 17.6 Å². The van der Waals surface area contributed by atoms with Crippen molar-refractivity contribution in [3.8, 4) is 0 Å². The van der Waals surface area contributed by atoms with E-state index in [0.29, 0.717) is 22.0 Å². The molecule has 1 amide bonds. The number of fused-ring (bicyclic) bond motifs is 1. The Kier molecular flexibility index (Phi) is 7.04. The lowest BCUT2D eigenvalue weighted by Crippen LogP contribution is -2.41. The Morgan fingerprint density at radius 1 is 1.26 bits per heavy atom. The van der Waals surface area contributed by atoms with Crippen LogP contribution in [0.2, 0.25) is 5.02 Å². The topological polar surface area (TPSA) is 66.9 Å². The number of hydrogen-bond donors (Lipinski definition) is 2. The molecule has 1 saturated heterocycles. The van der Waals surface area contributed by atoms with Gasteiger partial charge < -0.3 is 10.6 Å². The molecule has 1 fully saturated rings. The maximum Gasteiger partial charge on any atom is 0.391 e. The minimum absolute atomic E-state index is 0.00179. The molecule has 2 heterocycles. The van der Waals surface area contributed by atoms with Crippen LogP contribution in [0.3, 0.4) is 0 Å². The third-order valence-corrected chi connectivity index (χ3v) is 6.34. The largest absolute Gasteiger partial charge is 0.391 e. The van der Waals surface area contributed by atoms with Gasteiger partial charge in [-0.15, -0.1) is 0 Å². The van der Waals surface area contributed by atoms with Gasteiger partial charge in [-0.25, -0.2) is 14.4 Å². The van der Waals surface area contributed by atoms with Gasteiger partial charge in [0.25, 0.3) is 5.91 Å². The van der Waals surface area contributed by atoms with Gasteiger partial charge in [-0.2, -0.15) is 13.2 Å². The average Bonchev–Trinajstić information content (AvgIpc) is 3.32. The van der Waals surface area contributed by atoms with Gasteiger partial charge in [0, 0.05) is 29.6 Å². The fourth-order valence-corrected chi connectivity index (χ4v) is 4.15. The second kappa shape index (κ2) is 9.84. The Morgan fingerprint density at radius 2 is 2.06 bits per heavy atom. The van der Waals surface area contributed by atoms with E-state index in [1.807, 2.05) is 0 Å². The maximum atomic E-state index is 14.1. The van der Waals surface area contributed by atoms with E-state index in [1.165, 1.54) is 24.4 Å². The van der Waals surface area contributed by atoms with Crippen LogP contribution in [-0.4, -0.2) is 34.6 Å². The van der Waals surface area contributed by atoms with Gasteiger partial charge >= 0.3 is 6.18 Å². The first-order chi connectivity index (χ1) is 16.1. The molecular weight excluding hydrogens is 472 g/mol. The van der Waals surface area contributed by atoms with Crippen LogP contribution in [-0.2, 0) is 6.42 Å². The number of aromatic nitrogens is 2. The molecule has 1 aromatic heterocycles. The summed E-state index contributed by atoms with van der Waals surface area (Å²) >= 11 is 5.82. The highest BCUT2D eigenvalue weighted by Gasteiger charge is 2.36. The van der Waals surface area contributed by atoms with Gasteiger partial charge in [-0.05, 0) is 49.2 Å². The van der Waals surface area contributed by atoms with E-state index in [1.54, 1.807) is 18.2 Å². The van der Waals surface area contributed by atoms with E-state index in [0.717, 1.165) is 26.3 Å². The Hall–Kier alpha value is -2.78. The number of nitrogens with one attached hydrogen (secondary N) is 2. The first-order valence-electron chi connectivity index (χ1n) is 10.9. The number of carbonyl (C=O) groups is 1. The molecule has 1 aliphatic rings. The van der Waals surface area contributed by atoms with Crippen molar-refractivity contribution in [3.63, 3.8) is 0 Å². The van der Waals surface area contributed by atoms with E-state index in [-0.39, 0.29) is 23.3 Å². The molecule has 2 N–H and O–H groups in total. The summed E-state index contributed by atoms with van der Waals surface area (Å²) in [6, 6.07) is 8.64. The summed E-state index contributed by atoms with van der Waals surface area (Å²) in [5.74, 6) is -2.50. The van der Waals surface area contributed by atoms with E-state index in [4.69, 9.17) is 11.6 Å². The summed E-state index contributed by atoms with van der Waals surface area (Å²) in [5, 5.41) is 6.90. The highest BCUT2D eigenvalue weighted by molar-refractivity contribution is 6.30. The molecule has 10 heteroatoms. The van der Waals surface area contributed by atoms with E-state index >= 15 is 0 Å². The van der Waals surface area contributed by atoms with Crippen molar-refractivity contribution >= 4 is 28.4 Å². The van der Waals surface area contributed by atoms with Crippen LogP contribution in [0.25, 0.3) is 10.9 Å². The summed E-state index contributed by atoms with van der Waals surface area (Å²) in [4.78, 5) is 21.4. The minimum Gasteiger partial charge on any atom is -0.344 e. The molecule has 4 rings (SSSR count). The third kappa shape index (κ3) is 5.47. The highest BCUT2D eigenvalue weighted by atomic mass is 35.5. The first kappa shape index (κ1) is 24.3. The fourth-order valence-electron chi connectivity index (χ4n) is 4.03. The molecule has 180 valence electrons. The Labute approximate surface area is 198 Å². The quantitative estimate of drug-likeness (QED) is 0.451. The molecular formula is C24H23ClF4N4O. The summed E-state index contributed by atoms with van der Waals surface area (Å²) in [7, 11) is 0. The summed E-state index contributed by atoms with van der Waals surface area (Å²) in [5.41, 5.74) is 1.25. The lowest BCUT2D eigenvalue weighted by Gasteiger charge is -2.26. The predicted molar refractivity (Wildman–Crippen MR) is 121 cm³/mol. The zero-order chi connectivity index (χ0) is 24.5. The standard InChI is InChI=1S/C24H23ClF4N4O/c1-13(24(27,28)29)9-21-31-12-16-5-4-15(11-20(16)32-21)23(34)33-22(19-3-2-8-30-19)14-6-7-17(25)18(26)10-14/h4-7,10-13,19,22,30H,2-3,8-9H2,1H3,(H,33,34)/t13-,19+,22+/m1/s1. The average molecular weight is 495 g/mol. The number of benzene rings is 2. The van der Waals surface area contributed by atoms with Gasteiger partial charge in [-0.1, -0.05) is 30.7 Å². The molecule has 3 aromatic rings. The van der Waals surface area contributed by atoms with Crippen LogP contribution in [0.1, 0.15) is 47.6 Å². The predicted octanol–water partition coefficient (Wildman–Crippen LogP) is 5.39. The molecule has 34 heavy (non-hydrogen) atoms. The minimum atomic E-state index is -4.34. The normalized spacial score (nSPS) is 18.1. The summed E-state index contributed by atoms with van der Waals surface area (Å²) < 4.78 is 52.8. The SMILES string of the molecule is C[C@H](Cc1ncc2ccc(C(=O)N[C@@H](c3ccc(Cl)c(F)c3)[C@@H]3CCCN3)cc2n1)C(F)(F)F. The molecule has 0 unspecified atom stereocenters. The fraction of sp³-hybridized carbons (Fsp3) is 0.375. The van der Waals surface area contributed by atoms with Crippen LogP contribution >= 0.6 is 11.6 Å². The van der Waals surface area contributed by atoms with E-state index in [2.05, 4.69) is 20.6 Å². The smallest absolute Gasteiger partial charge is 0.344 e. The zero-order valence-corrected chi connectivity index (χ0v) is 19.1. The number of nitrogens with zero attached hydrogens (tertiary/aromatic N) is 2. The second-order valence-electron chi connectivity index (χ2n) is 8.53. The van der Waals surface area contributed by atoms with Crippen LogP contribution < -0.4 is 10.6 Å². The second-order valence-corrected chi connectivity index (χ2v) is 8.94. The lowest BCUT2D eigenvalue weighted by atomic mass is 9.97. The third-order valence-electron chi connectivity index (χ3n) is 6.03. The first-order valence-corrected chi connectivity index (χ1v) is 11.3. The molecule has 0 radical (unpaired) electrons. The zero-order valence-electron chi connectivity index (χ0n) is 18.3. The monoisotopic (exact) mass is 494 g/mol. The van der Waals surface area contributed by atoms with Crippen LogP contribution in [0.15, 0.2) is 42.6 Å². The number of amides is 1. The molecule has 0 bridgehead atoms. The van der Waals surface area contributed by atoms with Crippen molar-refractivity contribution in [2.45, 2.75) is 44.4 Å². The Morgan fingerprint density at radius 3 is 2.74 bits per heavy atom. The Balaban J connectivity index is 1.59. The van der Waals surface area contributed by atoms with Gasteiger partial charge in [0.15, 0.2) is 0 Å². The number of rotatable bonds is 6. The van der Waals surface area contributed by atoms with Gasteiger partial charge in [0.1, 0.15) is 11.6 Å². The van der Waals surface area contributed by atoms with Gasteiger partial charge in [-0.3, -0.25) is 4.79 Å². The number of carbonyl (C=O) groups excluding carboxylic acids is 1. The van der Waals surface area contributed by atoms with Crippen molar-refractivity contribution in [1.29, 1.82) is 0 Å². The molecule has 5 nitrogen and oxygen atoms in total. The molecule has 0 spiro atoms. The van der Waals surface area contributed by atoms with Crippen molar-refractivity contribution in [2.75, 3.05) is 6.54 Å². The molecule has 2 aromatic carbocycles.